The van der Waals surface area contributed by atoms with E-state index in [2.05, 4.69) is 27.9 Å². The maximum atomic E-state index is 12.0. The summed E-state index contributed by atoms with van der Waals surface area (Å²) in [7, 11) is 1.33. The quantitative estimate of drug-likeness (QED) is 0.636. The molecule has 104 valence electrons. The fourth-order valence-corrected chi connectivity index (χ4v) is 2.03. The van der Waals surface area contributed by atoms with E-state index in [1.165, 1.54) is 7.11 Å². The molecule has 0 fully saturated rings. The molecule has 1 aromatic carbocycles. The van der Waals surface area contributed by atoms with Gasteiger partial charge in [0.05, 0.1) is 7.11 Å². The Labute approximate surface area is 127 Å². The Balaban J connectivity index is 2.75. The van der Waals surface area contributed by atoms with E-state index < -0.39 is 12.0 Å². The Morgan fingerprint density at radius 3 is 2.32 bits per heavy atom. The van der Waals surface area contributed by atoms with Gasteiger partial charge in [-0.3, -0.25) is 4.79 Å². The van der Waals surface area contributed by atoms with Gasteiger partial charge in [-0.1, -0.05) is 13.8 Å². The summed E-state index contributed by atoms with van der Waals surface area (Å²) in [6, 6.07) is 6.58. The van der Waals surface area contributed by atoms with Crippen molar-refractivity contribution in [3.8, 4) is 0 Å². The van der Waals surface area contributed by atoms with Crippen molar-refractivity contribution in [2.24, 2.45) is 5.92 Å². The molecule has 0 spiro atoms. The number of amides is 1. The largest absolute Gasteiger partial charge is 0.467 e. The molecule has 0 aliphatic carbocycles. The number of nitrogens with one attached hydrogen (secondary N) is 1. The van der Waals surface area contributed by atoms with Crippen molar-refractivity contribution in [1.29, 1.82) is 0 Å². The molecule has 19 heavy (non-hydrogen) atoms. The summed E-state index contributed by atoms with van der Waals surface area (Å²) in [5.41, 5.74) is 0.540. The van der Waals surface area contributed by atoms with Crippen LogP contribution in [0, 0.1) is 9.49 Å². The number of ether oxygens (including phenoxy) is 1. The minimum Gasteiger partial charge on any atom is -0.467 e. The minimum atomic E-state index is -0.600. The van der Waals surface area contributed by atoms with Crippen LogP contribution in [-0.4, -0.2) is 25.0 Å². The molecule has 5 heteroatoms. The van der Waals surface area contributed by atoms with E-state index >= 15 is 0 Å². The van der Waals surface area contributed by atoms with Gasteiger partial charge in [-0.25, -0.2) is 4.79 Å². The monoisotopic (exact) mass is 375 g/mol. The summed E-state index contributed by atoms with van der Waals surface area (Å²) in [5.74, 6) is -0.374. The number of carbonyl (C=O) groups excluding carboxylic acids is 2. The first-order valence-electron chi connectivity index (χ1n) is 6.08. The first-order valence-corrected chi connectivity index (χ1v) is 7.16. The summed E-state index contributed by atoms with van der Waals surface area (Å²) < 4.78 is 5.77. The molecule has 0 aromatic heterocycles. The van der Waals surface area contributed by atoms with Crippen LogP contribution in [0.2, 0.25) is 0 Å². The van der Waals surface area contributed by atoms with Gasteiger partial charge in [0.25, 0.3) is 5.91 Å². The van der Waals surface area contributed by atoms with E-state index in [0.717, 1.165) is 3.57 Å². The van der Waals surface area contributed by atoms with Crippen molar-refractivity contribution < 1.29 is 14.3 Å². The van der Waals surface area contributed by atoms with Crippen molar-refractivity contribution in [2.45, 2.75) is 26.3 Å². The number of esters is 1. The van der Waals surface area contributed by atoms with E-state index in [1.807, 2.05) is 26.0 Å². The number of rotatable bonds is 5. The molecule has 1 aromatic rings. The highest BCUT2D eigenvalue weighted by Crippen LogP contribution is 2.10. The zero-order valence-corrected chi connectivity index (χ0v) is 13.4. The third kappa shape index (κ3) is 5.18. The predicted molar refractivity (Wildman–Crippen MR) is 81.9 cm³/mol. The number of benzene rings is 1. The second kappa shape index (κ2) is 7.47. The lowest BCUT2D eigenvalue weighted by molar-refractivity contribution is -0.143. The molecule has 1 N–H and O–H groups in total. The molecular weight excluding hydrogens is 357 g/mol. The number of carbonyl (C=O) groups is 2. The predicted octanol–water partition coefficient (Wildman–Crippen LogP) is 2.61. The van der Waals surface area contributed by atoms with Crippen LogP contribution in [0.3, 0.4) is 0 Å². The molecule has 1 rings (SSSR count). The van der Waals surface area contributed by atoms with Crippen LogP contribution < -0.4 is 5.32 Å². The molecule has 0 radical (unpaired) electrons. The lowest BCUT2D eigenvalue weighted by Crippen LogP contribution is -2.42. The number of halogens is 1. The van der Waals surface area contributed by atoms with Gasteiger partial charge in [-0.15, -0.1) is 0 Å². The van der Waals surface area contributed by atoms with Crippen LogP contribution in [-0.2, 0) is 9.53 Å². The van der Waals surface area contributed by atoms with Crippen molar-refractivity contribution in [1.82, 2.24) is 5.32 Å². The third-order valence-electron chi connectivity index (χ3n) is 2.60. The molecule has 0 heterocycles. The van der Waals surface area contributed by atoms with Crippen molar-refractivity contribution >= 4 is 34.5 Å². The Kier molecular flexibility index (Phi) is 6.27. The van der Waals surface area contributed by atoms with Crippen LogP contribution in [0.1, 0.15) is 30.6 Å². The van der Waals surface area contributed by atoms with Gasteiger partial charge in [0.1, 0.15) is 6.04 Å². The van der Waals surface area contributed by atoms with Gasteiger partial charge in [-0.05, 0) is 59.2 Å². The summed E-state index contributed by atoms with van der Waals surface area (Å²) in [4.78, 5) is 23.7. The summed E-state index contributed by atoms with van der Waals surface area (Å²) in [5, 5.41) is 2.72. The maximum Gasteiger partial charge on any atom is 0.328 e. The fourth-order valence-electron chi connectivity index (χ4n) is 1.67. The van der Waals surface area contributed by atoms with Gasteiger partial charge in [0.2, 0.25) is 0 Å². The molecule has 0 saturated carbocycles. The van der Waals surface area contributed by atoms with Crippen LogP contribution in [0.15, 0.2) is 24.3 Å². The lowest BCUT2D eigenvalue weighted by atomic mass is 10.0. The first kappa shape index (κ1) is 15.9. The molecule has 0 saturated heterocycles. The molecule has 0 aliphatic heterocycles. The normalized spacial score (nSPS) is 12.1. The molecule has 0 unspecified atom stereocenters. The Morgan fingerprint density at radius 2 is 1.84 bits per heavy atom. The number of hydrogen-bond acceptors (Lipinski definition) is 3. The molecular formula is C14H18INO3. The van der Waals surface area contributed by atoms with E-state index in [-0.39, 0.29) is 5.91 Å². The lowest BCUT2D eigenvalue weighted by Gasteiger charge is -2.18. The van der Waals surface area contributed by atoms with Crippen LogP contribution >= 0.6 is 22.6 Å². The Morgan fingerprint density at radius 1 is 1.26 bits per heavy atom. The van der Waals surface area contributed by atoms with Gasteiger partial charge in [0, 0.05) is 9.13 Å². The highest BCUT2D eigenvalue weighted by Gasteiger charge is 2.22. The van der Waals surface area contributed by atoms with Gasteiger partial charge in [-0.2, -0.15) is 0 Å². The van der Waals surface area contributed by atoms with E-state index in [1.54, 1.807) is 12.1 Å². The molecule has 1 amide bonds. The van der Waals surface area contributed by atoms with Crippen LogP contribution in [0.4, 0.5) is 0 Å². The standard InChI is InChI=1S/C14H18INO3/c1-9(2)8-12(14(18)19-3)16-13(17)10-4-6-11(15)7-5-10/h4-7,9,12H,8H2,1-3H3,(H,16,17)/t12-/m0/s1. The zero-order chi connectivity index (χ0) is 14.4. The van der Waals surface area contributed by atoms with Crippen molar-refractivity contribution in [2.75, 3.05) is 7.11 Å². The number of methoxy groups -OCH3 is 1. The van der Waals surface area contributed by atoms with Crippen LogP contribution in [0.25, 0.3) is 0 Å². The van der Waals surface area contributed by atoms with E-state index in [9.17, 15) is 9.59 Å². The first-order chi connectivity index (χ1) is 8.93. The molecule has 0 bridgehead atoms. The minimum absolute atomic E-state index is 0.257. The maximum absolute atomic E-state index is 12.0. The average Bonchev–Trinajstić information content (AvgIpc) is 2.37. The summed E-state index contributed by atoms with van der Waals surface area (Å²) in [6.45, 7) is 3.99. The second-order valence-electron chi connectivity index (χ2n) is 4.69. The zero-order valence-electron chi connectivity index (χ0n) is 11.3. The fraction of sp³-hybridized carbons (Fsp3) is 0.429. The SMILES string of the molecule is COC(=O)[C@H](CC(C)C)NC(=O)c1ccc(I)cc1. The number of hydrogen-bond donors (Lipinski definition) is 1. The Bertz CT molecular complexity index is 443. The smallest absolute Gasteiger partial charge is 0.328 e. The molecule has 4 nitrogen and oxygen atoms in total. The topological polar surface area (TPSA) is 55.4 Å². The molecule has 1 atom stereocenters. The third-order valence-corrected chi connectivity index (χ3v) is 3.32. The summed E-state index contributed by atoms with van der Waals surface area (Å²) in [6.07, 6.45) is 0.558. The second-order valence-corrected chi connectivity index (χ2v) is 5.93. The van der Waals surface area contributed by atoms with Gasteiger partial charge >= 0.3 is 5.97 Å². The summed E-state index contributed by atoms with van der Waals surface area (Å²) >= 11 is 2.17. The highest BCUT2D eigenvalue weighted by molar-refractivity contribution is 14.1. The highest BCUT2D eigenvalue weighted by atomic mass is 127. The van der Waals surface area contributed by atoms with Crippen molar-refractivity contribution in [3.05, 3.63) is 33.4 Å². The van der Waals surface area contributed by atoms with E-state index in [0.29, 0.717) is 17.9 Å². The Hall–Kier alpha value is -1.11. The van der Waals surface area contributed by atoms with Gasteiger partial charge in [0.15, 0.2) is 0 Å². The van der Waals surface area contributed by atoms with E-state index in [4.69, 9.17) is 4.74 Å². The van der Waals surface area contributed by atoms with Gasteiger partial charge < -0.3 is 10.1 Å². The van der Waals surface area contributed by atoms with Crippen molar-refractivity contribution in [3.63, 3.8) is 0 Å². The molecule has 0 aliphatic rings. The van der Waals surface area contributed by atoms with Crippen LogP contribution in [0.5, 0.6) is 0 Å². The average molecular weight is 375 g/mol.